The maximum absolute atomic E-state index is 13.7. The molecule has 3 rings (SSSR count). The second-order valence-corrected chi connectivity index (χ2v) is 5.97. The Bertz CT molecular complexity index is 595. The lowest BCUT2D eigenvalue weighted by Gasteiger charge is -2.19. The van der Waals surface area contributed by atoms with Gasteiger partial charge in [0.15, 0.2) is 0 Å². The minimum Gasteiger partial charge on any atom is -0.386 e. The summed E-state index contributed by atoms with van der Waals surface area (Å²) < 4.78 is 26.6. The predicted octanol–water partition coefficient (Wildman–Crippen LogP) is 2.17. The van der Waals surface area contributed by atoms with E-state index in [4.69, 9.17) is 0 Å². The molecule has 1 saturated carbocycles. The third-order valence-corrected chi connectivity index (χ3v) is 4.61. The van der Waals surface area contributed by atoms with Crippen LogP contribution in [0.15, 0.2) is 18.2 Å². The van der Waals surface area contributed by atoms with Gasteiger partial charge in [-0.05, 0) is 18.9 Å². The Balaban J connectivity index is 1.77. The van der Waals surface area contributed by atoms with E-state index in [2.05, 4.69) is 0 Å². The summed E-state index contributed by atoms with van der Waals surface area (Å²) >= 11 is 0. The highest BCUT2D eigenvalue weighted by atomic mass is 19.1. The largest absolute Gasteiger partial charge is 0.386 e. The van der Waals surface area contributed by atoms with E-state index in [0.29, 0.717) is 18.9 Å². The number of β-amino-alcohol motifs (C(OH)–C–C–N with tert-alkyl or cyclic N) is 1. The normalized spacial score (nSPS) is 26.2. The van der Waals surface area contributed by atoms with E-state index < -0.39 is 17.7 Å². The van der Waals surface area contributed by atoms with Gasteiger partial charge in [0, 0.05) is 11.6 Å². The zero-order valence-electron chi connectivity index (χ0n) is 12.0. The molecule has 118 valence electrons. The number of hydrogen-bond acceptors (Lipinski definition) is 3. The summed E-state index contributed by atoms with van der Waals surface area (Å²) in [5, 5.41) is 10.1. The molecule has 1 N–H and O–H groups in total. The van der Waals surface area contributed by atoms with Crippen molar-refractivity contribution in [2.75, 3.05) is 6.54 Å². The number of likely N-dealkylation sites (tertiary alicyclic amines) is 1. The molecule has 1 aromatic carbocycles. The molecule has 4 nitrogen and oxygen atoms in total. The fourth-order valence-electron chi connectivity index (χ4n) is 3.45. The molecule has 1 aliphatic heterocycles. The van der Waals surface area contributed by atoms with Crippen LogP contribution in [0.4, 0.5) is 8.78 Å². The molecule has 0 radical (unpaired) electrons. The van der Waals surface area contributed by atoms with Gasteiger partial charge in [0.25, 0.3) is 0 Å². The Morgan fingerprint density at radius 2 is 1.73 bits per heavy atom. The minimum atomic E-state index is -1.35. The number of rotatable bonds is 3. The van der Waals surface area contributed by atoms with Crippen LogP contribution in [0.3, 0.4) is 0 Å². The number of carbonyl (C=O) groups is 2. The fraction of sp³-hybridized carbons (Fsp3) is 0.500. The minimum absolute atomic E-state index is 0.114. The SMILES string of the molecule is O=C1[C@@H]2CCCC[C@H]2C(=O)N1C[C@H](O)c1ccc(F)cc1F. The molecule has 1 aliphatic carbocycles. The highest BCUT2D eigenvalue weighted by Gasteiger charge is 2.48. The van der Waals surface area contributed by atoms with Crippen LogP contribution >= 0.6 is 0 Å². The number of aliphatic hydroxyl groups is 1. The molecular formula is C16H17F2NO3. The molecule has 6 heteroatoms. The van der Waals surface area contributed by atoms with E-state index >= 15 is 0 Å². The number of carbonyl (C=O) groups excluding carboxylic acids is 2. The lowest BCUT2D eigenvalue weighted by atomic mass is 9.81. The molecule has 0 spiro atoms. The maximum Gasteiger partial charge on any atom is 0.233 e. The van der Waals surface area contributed by atoms with Crippen LogP contribution in [0.25, 0.3) is 0 Å². The van der Waals surface area contributed by atoms with E-state index in [1.807, 2.05) is 0 Å². The Morgan fingerprint density at radius 3 is 2.27 bits per heavy atom. The molecule has 0 aromatic heterocycles. The van der Waals surface area contributed by atoms with Crippen LogP contribution in [0, 0.1) is 23.5 Å². The quantitative estimate of drug-likeness (QED) is 0.871. The number of aliphatic hydroxyl groups excluding tert-OH is 1. The van der Waals surface area contributed by atoms with E-state index in [1.54, 1.807) is 0 Å². The fourth-order valence-corrected chi connectivity index (χ4v) is 3.45. The third-order valence-electron chi connectivity index (χ3n) is 4.61. The number of hydrogen-bond donors (Lipinski definition) is 1. The summed E-state index contributed by atoms with van der Waals surface area (Å²) in [4.78, 5) is 25.6. The van der Waals surface area contributed by atoms with Gasteiger partial charge in [0.1, 0.15) is 11.6 Å². The summed E-state index contributed by atoms with van der Waals surface area (Å²) in [6.45, 7) is -0.285. The van der Waals surface area contributed by atoms with Crippen molar-refractivity contribution in [3.8, 4) is 0 Å². The summed E-state index contributed by atoms with van der Waals surface area (Å²) in [5.41, 5.74) is -0.114. The van der Waals surface area contributed by atoms with E-state index in [0.717, 1.165) is 29.9 Å². The average Bonchev–Trinajstić information content (AvgIpc) is 2.73. The van der Waals surface area contributed by atoms with Gasteiger partial charge in [0.05, 0.1) is 24.5 Å². The lowest BCUT2D eigenvalue weighted by Crippen LogP contribution is -2.35. The number of imide groups is 1. The van der Waals surface area contributed by atoms with Gasteiger partial charge in [-0.25, -0.2) is 8.78 Å². The van der Waals surface area contributed by atoms with Crippen molar-refractivity contribution >= 4 is 11.8 Å². The zero-order valence-corrected chi connectivity index (χ0v) is 12.0. The molecule has 22 heavy (non-hydrogen) atoms. The molecule has 3 atom stereocenters. The van der Waals surface area contributed by atoms with Gasteiger partial charge >= 0.3 is 0 Å². The summed E-state index contributed by atoms with van der Waals surface area (Å²) in [6, 6.07) is 2.84. The van der Waals surface area contributed by atoms with Crippen molar-refractivity contribution in [3.05, 3.63) is 35.4 Å². The van der Waals surface area contributed by atoms with Gasteiger partial charge < -0.3 is 5.11 Å². The van der Waals surface area contributed by atoms with Gasteiger partial charge in [0.2, 0.25) is 11.8 Å². The Kier molecular flexibility index (Phi) is 3.95. The van der Waals surface area contributed by atoms with Crippen molar-refractivity contribution in [2.24, 2.45) is 11.8 Å². The molecular weight excluding hydrogens is 292 g/mol. The number of fused-ring (bicyclic) bond motifs is 1. The molecule has 1 heterocycles. The zero-order chi connectivity index (χ0) is 15.9. The average molecular weight is 309 g/mol. The van der Waals surface area contributed by atoms with Crippen LogP contribution in [0.5, 0.6) is 0 Å². The topological polar surface area (TPSA) is 57.6 Å². The smallest absolute Gasteiger partial charge is 0.233 e. The maximum atomic E-state index is 13.7. The van der Waals surface area contributed by atoms with Crippen molar-refractivity contribution in [2.45, 2.75) is 31.8 Å². The summed E-state index contributed by atoms with van der Waals surface area (Å²) in [6.07, 6.45) is 1.86. The van der Waals surface area contributed by atoms with Gasteiger partial charge in [-0.3, -0.25) is 14.5 Å². The van der Waals surface area contributed by atoms with E-state index in [9.17, 15) is 23.5 Å². The van der Waals surface area contributed by atoms with E-state index in [1.165, 1.54) is 0 Å². The van der Waals surface area contributed by atoms with Crippen LogP contribution in [0.1, 0.15) is 37.4 Å². The predicted molar refractivity (Wildman–Crippen MR) is 73.5 cm³/mol. The number of benzene rings is 1. The van der Waals surface area contributed by atoms with Gasteiger partial charge in [-0.15, -0.1) is 0 Å². The first kappa shape index (κ1) is 15.1. The van der Waals surface area contributed by atoms with Crippen molar-refractivity contribution in [1.29, 1.82) is 0 Å². The lowest BCUT2D eigenvalue weighted by molar-refractivity contribution is -0.141. The molecule has 2 aliphatic rings. The molecule has 0 bridgehead atoms. The number of nitrogens with zero attached hydrogens (tertiary/aromatic N) is 1. The van der Waals surface area contributed by atoms with Crippen molar-refractivity contribution in [3.63, 3.8) is 0 Å². The number of amides is 2. The van der Waals surface area contributed by atoms with Gasteiger partial charge in [-0.2, -0.15) is 0 Å². The molecule has 2 fully saturated rings. The van der Waals surface area contributed by atoms with Crippen LogP contribution < -0.4 is 0 Å². The van der Waals surface area contributed by atoms with E-state index in [-0.39, 0.29) is 35.8 Å². The Hall–Kier alpha value is -1.82. The summed E-state index contributed by atoms with van der Waals surface area (Å²) in [5.74, 6) is -2.79. The van der Waals surface area contributed by atoms with Crippen molar-refractivity contribution in [1.82, 2.24) is 4.90 Å². The second-order valence-electron chi connectivity index (χ2n) is 5.97. The van der Waals surface area contributed by atoms with Crippen LogP contribution in [0.2, 0.25) is 0 Å². The van der Waals surface area contributed by atoms with Gasteiger partial charge in [-0.1, -0.05) is 18.9 Å². The summed E-state index contributed by atoms with van der Waals surface area (Å²) in [7, 11) is 0. The third kappa shape index (κ3) is 2.52. The molecule has 1 saturated heterocycles. The standard InChI is InChI=1S/C16H17F2NO3/c17-9-5-6-12(13(18)7-9)14(20)8-19-15(21)10-3-1-2-4-11(10)16(19)22/h5-7,10-11,14,20H,1-4,8H2/t10-,11-,14+/m1/s1. The first-order valence-corrected chi connectivity index (χ1v) is 7.47. The highest BCUT2D eigenvalue weighted by Crippen LogP contribution is 2.38. The molecule has 1 aromatic rings. The van der Waals surface area contributed by atoms with Crippen LogP contribution in [-0.2, 0) is 9.59 Å². The molecule has 0 unspecified atom stereocenters. The van der Waals surface area contributed by atoms with Crippen molar-refractivity contribution < 1.29 is 23.5 Å². The molecule has 2 amide bonds. The first-order valence-electron chi connectivity index (χ1n) is 7.47. The van der Waals surface area contributed by atoms with Crippen LogP contribution in [-0.4, -0.2) is 28.4 Å². The Morgan fingerprint density at radius 1 is 1.14 bits per heavy atom. The Labute approximate surface area is 126 Å². The number of halogens is 2. The monoisotopic (exact) mass is 309 g/mol. The highest BCUT2D eigenvalue weighted by molar-refractivity contribution is 6.05. The first-order chi connectivity index (χ1) is 10.5. The second kappa shape index (κ2) is 5.76.